The first-order valence-electron chi connectivity index (χ1n) is 12.1. The van der Waals surface area contributed by atoms with Crippen molar-refractivity contribution in [3.05, 3.63) is 35.2 Å². The molecule has 1 fully saturated rings. The van der Waals surface area contributed by atoms with E-state index in [1.165, 1.54) is 16.6 Å². The Bertz CT molecular complexity index is 1120. The highest BCUT2D eigenvalue weighted by molar-refractivity contribution is 5.90. The van der Waals surface area contributed by atoms with Gasteiger partial charge in [-0.25, -0.2) is 4.79 Å². The van der Waals surface area contributed by atoms with Crippen LogP contribution in [0.1, 0.15) is 34.9 Å². The zero-order valence-electron chi connectivity index (χ0n) is 20.7. The molecule has 4 heterocycles. The summed E-state index contributed by atoms with van der Waals surface area (Å²) in [6.45, 7) is 5.08. The molecule has 4 unspecified atom stereocenters. The first-order valence-corrected chi connectivity index (χ1v) is 12.1. The van der Waals surface area contributed by atoms with Crippen LogP contribution in [0.15, 0.2) is 24.0 Å². The summed E-state index contributed by atoms with van der Waals surface area (Å²) < 4.78 is 22.6. The number of piperidine rings is 1. The van der Waals surface area contributed by atoms with Crippen LogP contribution in [0.3, 0.4) is 0 Å². The molecule has 4 atom stereocenters. The van der Waals surface area contributed by atoms with Gasteiger partial charge in [0, 0.05) is 58.4 Å². The summed E-state index contributed by atoms with van der Waals surface area (Å²) in [5.74, 6) is 1.59. The number of esters is 1. The van der Waals surface area contributed by atoms with Gasteiger partial charge in [-0.05, 0) is 45.5 Å². The number of aromatic nitrogens is 1. The number of ether oxygens (including phenoxy) is 4. The van der Waals surface area contributed by atoms with Gasteiger partial charge in [-0.1, -0.05) is 0 Å². The van der Waals surface area contributed by atoms with E-state index in [1.54, 1.807) is 20.5 Å². The summed E-state index contributed by atoms with van der Waals surface area (Å²) in [5, 5.41) is 1.19. The number of carbonyl (C=O) groups is 1. The van der Waals surface area contributed by atoms with Crippen LogP contribution in [0.25, 0.3) is 10.9 Å². The van der Waals surface area contributed by atoms with Gasteiger partial charge in [0.1, 0.15) is 6.61 Å². The number of carbonyl (C=O) groups excluding carboxylic acids is 1. The number of aromatic amines is 1. The monoisotopic (exact) mass is 475 g/mol. The van der Waals surface area contributed by atoms with Crippen molar-refractivity contribution < 1.29 is 28.0 Å². The number of benzene rings is 1. The van der Waals surface area contributed by atoms with Crippen molar-refractivity contribution in [1.82, 2.24) is 14.8 Å². The zero-order valence-corrected chi connectivity index (χ0v) is 20.7. The maximum absolute atomic E-state index is 13.0. The summed E-state index contributed by atoms with van der Waals surface area (Å²) >= 11 is 0. The minimum absolute atomic E-state index is 0. The Morgan fingerprint density at radius 2 is 2.03 bits per heavy atom. The van der Waals surface area contributed by atoms with Gasteiger partial charge < -0.3 is 28.8 Å². The number of likely N-dealkylation sites (N-methyl/N-ethyl adjacent to an activating group) is 1. The predicted octanol–water partition coefficient (Wildman–Crippen LogP) is 3.87. The van der Waals surface area contributed by atoms with Crippen molar-refractivity contribution in [2.75, 3.05) is 54.6 Å². The second-order valence-electron chi connectivity index (χ2n) is 9.89. The summed E-state index contributed by atoms with van der Waals surface area (Å²) in [7, 11) is 7.27. The SMILES string of the molecule is COc1cc2[nH]c3c(c2cc1OC)CCN1CC2C(C)OC=C(C(=O)OCCN(C)C)C2CC31.[HH].[HH].[HH]. The van der Waals surface area contributed by atoms with Gasteiger partial charge in [-0.3, -0.25) is 4.90 Å². The summed E-state index contributed by atoms with van der Waals surface area (Å²) in [6.07, 6.45) is 3.57. The number of nitrogens with one attached hydrogen (secondary N) is 1. The van der Waals surface area contributed by atoms with Crippen LogP contribution in [0.2, 0.25) is 0 Å². The lowest BCUT2D eigenvalue weighted by atomic mass is 9.72. The minimum Gasteiger partial charge on any atom is -0.497 e. The lowest BCUT2D eigenvalue weighted by molar-refractivity contribution is -0.142. The fourth-order valence-corrected chi connectivity index (χ4v) is 5.85. The topological polar surface area (TPSA) is 76.3 Å². The van der Waals surface area contributed by atoms with Crippen molar-refractivity contribution in [3.63, 3.8) is 0 Å². The summed E-state index contributed by atoms with van der Waals surface area (Å²) in [4.78, 5) is 21.2. The zero-order chi connectivity index (χ0) is 24.0. The highest BCUT2D eigenvalue weighted by atomic mass is 16.5. The largest absolute Gasteiger partial charge is 0.497 e. The normalized spacial score (nSPS) is 26.2. The number of methoxy groups -OCH3 is 2. The lowest BCUT2D eigenvalue weighted by Gasteiger charge is -2.49. The van der Waals surface area contributed by atoms with Crippen LogP contribution in [0, 0.1) is 11.8 Å². The molecular weight excluding hydrogens is 434 g/mol. The van der Waals surface area contributed by atoms with Crippen LogP contribution in [-0.2, 0) is 20.7 Å². The first-order chi connectivity index (χ1) is 16.4. The molecule has 1 saturated heterocycles. The summed E-state index contributed by atoms with van der Waals surface area (Å²) in [6, 6.07) is 4.32. The molecule has 1 N–H and O–H groups in total. The van der Waals surface area contributed by atoms with Crippen molar-refractivity contribution in [2.24, 2.45) is 11.8 Å². The average molecular weight is 476 g/mol. The molecule has 1 aromatic heterocycles. The van der Waals surface area contributed by atoms with Crippen molar-refractivity contribution in [1.29, 1.82) is 0 Å². The molecule has 0 spiro atoms. The van der Waals surface area contributed by atoms with Gasteiger partial charge in [-0.2, -0.15) is 0 Å². The Morgan fingerprint density at radius 3 is 2.76 bits per heavy atom. The quantitative estimate of drug-likeness (QED) is 0.636. The number of hydrogen-bond acceptors (Lipinski definition) is 7. The van der Waals surface area contributed by atoms with Crippen LogP contribution in [0.5, 0.6) is 11.5 Å². The summed E-state index contributed by atoms with van der Waals surface area (Å²) in [5.41, 5.74) is 4.32. The molecule has 8 heteroatoms. The van der Waals surface area contributed by atoms with E-state index in [0.717, 1.165) is 42.9 Å². The second-order valence-corrected chi connectivity index (χ2v) is 9.89. The number of H-pyrrole nitrogens is 1. The minimum atomic E-state index is -0.251. The molecule has 0 amide bonds. The van der Waals surface area contributed by atoms with Gasteiger partial charge in [0.15, 0.2) is 11.5 Å². The molecule has 3 aliphatic heterocycles. The van der Waals surface area contributed by atoms with E-state index in [-0.39, 0.29) is 34.2 Å². The fourth-order valence-electron chi connectivity index (χ4n) is 5.85. The van der Waals surface area contributed by atoms with Gasteiger partial charge in [0.2, 0.25) is 0 Å². The van der Waals surface area contributed by atoms with Gasteiger partial charge >= 0.3 is 5.97 Å². The van der Waals surface area contributed by atoms with E-state index in [9.17, 15) is 4.79 Å². The maximum atomic E-state index is 13.0. The molecule has 0 bridgehead atoms. The van der Waals surface area contributed by atoms with Crippen LogP contribution >= 0.6 is 0 Å². The molecule has 2 aromatic rings. The third-order valence-electron chi connectivity index (χ3n) is 7.73. The predicted molar refractivity (Wildman–Crippen MR) is 136 cm³/mol. The van der Waals surface area contributed by atoms with E-state index in [2.05, 4.69) is 22.9 Å². The third-order valence-corrected chi connectivity index (χ3v) is 7.73. The van der Waals surface area contributed by atoms with Crippen LogP contribution in [0.4, 0.5) is 0 Å². The maximum Gasteiger partial charge on any atom is 0.337 e. The second kappa shape index (κ2) is 9.15. The first kappa shape index (κ1) is 23.1. The molecular formula is C26H41N3O5. The molecule has 0 saturated carbocycles. The molecule has 0 aliphatic carbocycles. The molecule has 5 rings (SSSR count). The Hall–Kier alpha value is -2.71. The number of nitrogens with zero attached hydrogens (tertiary/aromatic N) is 2. The highest BCUT2D eigenvalue weighted by Gasteiger charge is 2.47. The van der Waals surface area contributed by atoms with E-state index < -0.39 is 0 Å². The van der Waals surface area contributed by atoms with Crippen molar-refractivity contribution in [3.8, 4) is 11.5 Å². The number of hydrogen-bond donors (Lipinski definition) is 1. The Labute approximate surface area is 205 Å². The molecule has 1 aromatic carbocycles. The number of rotatable bonds is 6. The Balaban J connectivity index is 0.00000160. The van der Waals surface area contributed by atoms with Crippen LogP contribution < -0.4 is 9.47 Å². The smallest absolute Gasteiger partial charge is 0.337 e. The van der Waals surface area contributed by atoms with Gasteiger partial charge in [0.25, 0.3) is 0 Å². The molecule has 3 aliphatic rings. The molecule has 8 nitrogen and oxygen atoms in total. The third kappa shape index (κ3) is 3.92. The van der Waals surface area contributed by atoms with E-state index >= 15 is 0 Å². The molecule has 34 heavy (non-hydrogen) atoms. The van der Waals surface area contributed by atoms with E-state index in [0.29, 0.717) is 18.7 Å². The van der Waals surface area contributed by atoms with Crippen molar-refractivity contribution >= 4 is 16.9 Å². The van der Waals surface area contributed by atoms with Crippen molar-refractivity contribution in [2.45, 2.75) is 31.9 Å². The van der Waals surface area contributed by atoms with Gasteiger partial charge in [0.05, 0.1) is 38.2 Å². The average Bonchev–Trinajstić information content (AvgIpc) is 3.20. The Kier molecular flexibility index (Phi) is 6.20. The number of fused-ring (bicyclic) bond motifs is 6. The van der Waals surface area contributed by atoms with E-state index in [1.807, 2.05) is 25.1 Å². The van der Waals surface area contributed by atoms with Gasteiger partial charge in [-0.15, -0.1) is 0 Å². The van der Waals surface area contributed by atoms with E-state index in [4.69, 9.17) is 18.9 Å². The standard InChI is InChI=1S/C26H35N3O5.3H2/c1-15-19-13-29-7-6-16-18-11-23(31-4)24(32-5)12-21(18)27-25(16)22(29)10-17(19)20(14-34-15)26(30)33-9-8-28(2)3;;;/h11-12,14-15,17,19,22,27H,6-10,13H2,1-5H3;3*1H. The highest BCUT2D eigenvalue weighted by Crippen LogP contribution is 2.48. The Morgan fingerprint density at radius 1 is 1.26 bits per heavy atom. The van der Waals surface area contributed by atoms with Crippen LogP contribution in [-0.4, -0.2) is 81.4 Å². The molecule has 190 valence electrons. The molecule has 0 radical (unpaired) electrons. The lowest BCUT2D eigenvalue weighted by Crippen LogP contribution is -2.51. The fraction of sp³-hybridized carbons (Fsp3) is 0.577.